The Morgan fingerprint density at radius 3 is 2.54 bits per heavy atom. The highest BCUT2D eigenvalue weighted by Gasteiger charge is 2.38. The minimum Gasteiger partial charge on any atom is -0.275 e. The number of benzene rings is 1. The fourth-order valence-corrected chi connectivity index (χ4v) is 3.47. The van der Waals surface area contributed by atoms with E-state index in [0.717, 1.165) is 5.56 Å². The van der Waals surface area contributed by atoms with Crippen LogP contribution in [0, 0.1) is 0 Å². The van der Waals surface area contributed by atoms with Crippen LogP contribution >= 0.6 is 0 Å². The summed E-state index contributed by atoms with van der Waals surface area (Å²) in [5, 5.41) is 7.59. The summed E-state index contributed by atoms with van der Waals surface area (Å²) in [6.45, 7) is 0.305. The van der Waals surface area contributed by atoms with E-state index in [1.165, 1.54) is 17.4 Å². The second-order valence-electron chi connectivity index (χ2n) is 6.47. The van der Waals surface area contributed by atoms with Crippen molar-refractivity contribution < 1.29 is 9.59 Å². The third-order valence-corrected chi connectivity index (χ3v) is 4.83. The number of amides is 2. The number of hydrogen-bond donors (Lipinski definition) is 1. The van der Waals surface area contributed by atoms with Crippen molar-refractivity contribution in [2.24, 2.45) is 0 Å². The monoisotopic (exact) mass is 370 g/mol. The van der Waals surface area contributed by atoms with Crippen molar-refractivity contribution >= 4 is 22.8 Å². The van der Waals surface area contributed by atoms with Crippen molar-refractivity contribution in [2.45, 2.75) is 6.42 Å². The van der Waals surface area contributed by atoms with Crippen LogP contribution in [0.1, 0.15) is 26.3 Å². The number of H-pyrrole nitrogens is 1. The predicted molar refractivity (Wildman–Crippen MR) is 100 cm³/mol. The second kappa shape index (κ2) is 6.34. The van der Waals surface area contributed by atoms with Gasteiger partial charge in [-0.1, -0.05) is 30.3 Å². The fourth-order valence-electron chi connectivity index (χ4n) is 3.47. The first kappa shape index (κ1) is 16.2. The molecule has 8 nitrogen and oxygen atoms in total. The largest absolute Gasteiger partial charge is 0.275 e. The standard InChI is InChI=1S/C20H14N6O2/c27-19-14-10-23-18-16(17(24-25-18)13-8-21-11-22-9-13)15(14)20(28)26(19)7-6-12-4-2-1-3-5-12/h1-5,8-11H,6-7H2,(H,23,24,25). The van der Waals surface area contributed by atoms with E-state index < -0.39 is 0 Å². The molecule has 8 heteroatoms. The van der Waals surface area contributed by atoms with Crippen LogP contribution < -0.4 is 0 Å². The minimum atomic E-state index is -0.332. The normalized spacial score (nSPS) is 13.4. The van der Waals surface area contributed by atoms with E-state index in [-0.39, 0.29) is 11.8 Å². The van der Waals surface area contributed by atoms with Gasteiger partial charge in [-0.15, -0.1) is 0 Å². The number of nitrogens with one attached hydrogen (secondary N) is 1. The van der Waals surface area contributed by atoms with Gasteiger partial charge in [0.05, 0.1) is 22.2 Å². The third kappa shape index (κ3) is 2.46. The Morgan fingerprint density at radius 2 is 1.75 bits per heavy atom. The SMILES string of the molecule is O=C1c2cnc3n[nH]c(-c4cncnc4)c3c2C(=O)N1CCc1ccccc1. The zero-order valence-corrected chi connectivity index (χ0v) is 14.7. The molecule has 4 aromatic rings. The van der Waals surface area contributed by atoms with E-state index in [9.17, 15) is 9.59 Å². The van der Waals surface area contributed by atoms with Crippen LogP contribution in [0.5, 0.6) is 0 Å². The Bertz CT molecular complexity index is 1200. The first-order valence-corrected chi connectivity index (χ1v) is 8.76. The molecule has 0 bridgehead atoms. The Labute approximate surface area is 159 Å². The van der Waals surface area contributed by atoms with Gasteiger partial charge in [-0.2, -0.15) is 5.10 Å². The highest BCUT2D eigenvalue weighted by molar-refractivity contribution is 6.27. The number of rotatable bonds is 4. The minimum absolute atomic E-state index is 0.296. The quantitative estimate of drug-likeness (QED) is 0.553. The molecule has 0 saturated carbocycles. The fraction of sp³-hybridized carbons (Fsp3) is 0.100. The number of aromatic amines is 1. The molecule has 1 aliphatic heterocycles. The van der Waals surface area contributed by atoms with Crippen LogP contribution in [-0.2, 0) is 6.42 Å². The molecular weight excluding hydrogens is 356 g/mol. The lowest BCUT2D eigenvalue weighted by molar-refractivity contribution is 0.0656. The van der Waals surface area contributed by atoms with Crippen LogP contribution in [0.2, 0.25) is 0 Å². The average Bonchev–Trinajstić information content (AvgIpc) is 3.27. The van der Waals surface area contributed by atoms with Crippen LogP contribution in [0.25, 0.3) is 22.3 Å². The topological polar surface area (TPSA) is 105 Å². The lowest BCUT2D eigenvalue weighted by Crippen LogP contribution is -2.31. The molecule has 0 aliphatic carbocycles. The number of carbonyl (C=O) groups excluding carboxylic acids is 2. The summed E-state index contributed by atoms with van der Waals surface area (Å²) >= 11 is 0. The number of imide groups is 1. The molecule has 136 valence electrons. The van der Waals surface area contributed by atoms with Gasteiger partial charge in [-0.25, -0.2) is 15.0 Å². The van der Waals surface area contributed by atoms with E-state index in [1.54, 1.807) is 12.4 Å². The van der Waals surface area contributed by atoms with Gasteiger partial charge < -0.3 is 0 Å². The summed E-state index contributed by atoms with van der Waals surface area (Å²) < 4.78 is 0. The molecule has 1 aromatic carbocycles. The number of aromatic nitrogens is 5. The molecule has 2 amide bonds. The van der Waals surface area contributed by atoms with E-state index >= 15 is 0 Å². The van der Waals surface area contributed by atoms with Gasteiger partial charge in [0, 0.05) is 30.7 Å². The highest BCUT2D eigenvalue weighted by atomic mass is 16.2. The molecule has 0 radical (unpaired) electrons. The van der Waals surface area contributed by atoms with Gasteiger partial charge in [0.25, 0.3) is 11.8 Å². The van der Waals surface area contributed by atoms with Gasteiger partial charge in [-0.05, 0) is 12.0 Å². The zero-order valence-electron chi connectivity index (χ0n) is 14.7. The van der Waals surface area contributed by atoms with Gasteiger partial charge in [0.15, 0.2) is 5.65 Å². The molecule has 1 N–H and O–H groups in total. The molecular formula is C20H14N6O2. The van der Waals surface area contributed by atoms with Crippen LogP contribution in [0.15, 0.2) is 55.2 Å². The number of nitrogens with zero attached hydrogens (tertiary/aromatic N) is 5. The summed E-state index contributed by atoms with van der Waals surface area (Å²) in [5.41, 5.74) is 3.31. The molecule has 4 heterocycles. The Kier molecular flexibility index (Phi) is 3.68. The summed E-state index contributed by atoms with van der Waals surface area (Å²) in [6.07, 6.45) is 6.67. The first-order chi connectivity index (χ1) is 13.7. The number of pyridine rings is 1. The van der Waals surface area contributed by atoms with Crippen molar-refractivity contribution in [3.8, 4) is 11.3 Å². The average molecular weight is 370 g/mol. The maximum atomic E-state index is 13.1. The van der Waals surface area contributed by atoms with E-state index in [4.69, 9.17) is 0 Å². The van der Waals surface area contributed by atoms with Gasteiger partial charge in [-0.3, -0.25) is 19.6 Å². The summed E-state index contributed by atoms with van der Waals surface area (Å²) in [5.74, 6) is -0.662. The van der Waals surface area contributed by atoms with Gasteiger partial charge in [0.2, 0.25) is 0 Å². The lowest BCUT2D eigenvalue weighted by Gasteiger charge is -2.13. The Hall–Kier alpha value is -3.94. The van der Waals surface area contributed by atoms with Crippen molar-refractivity contribution in [3.63, 3.8) is 0 Å². The molecule has 5 rings (SSSR count). The van der Waals surface area contributed by atoms with Crippen molar-refractivity contribution in [3.05, 3.63) is 71.9 Å². The Balaban J connectivity index is 1.56. The van der Waals surface area contributed by atoms with E-state index in [1.807, 2.05) is 30.3 Å². The smallest absolute Gasteiger partial charge is 0.263 e. The zero-order chi connectivity index (χ0) is 19.1. The molecule has 1 aliphatic rings. The molecule has 0 fully saturated rings. The maximum absolute atomic E-state index is 13.1. The molecule has 0 atom stereocenters. The van der Waals surface area contributed by atoms with E-state index in [0.29, 0.717) is 46.4 Å². The lowest BCUT2D eigenvalue weighted by atomic mass is 10.0. The van der Waals surface area contributed by atoms with Crippen LogP contribution in [-0.4, -0.2) is 48.4 Å². The number of fused-ring (bicyclic) bond motifs is 3. The molecule has 28 heavy (non-hydrogen) atoms. The molecule has 0 saturated heterocycles. The Morgan fingerprint density at radius 1 is 0.964 bits per heavy atom. The summed E-state index contributed by atoms with van der Waals surface area (Å²) in [4.78, 5) is 39.5. The van der Waals surface area contributed by atoms with Gasteiger partial charge in [0.1, 0.15) is 6.33 Å². The maximum Gasteiger partial charge on any atom is 0.263 e. The molecule has 0 unspecified atom stereocenters. The van der Waals surface area contributed by atoms with Crippen LogP contribution in [0.3, 0.4) is 0 Å². The highest BCUT2D eigenvalue weighted by Crippen LogP contribution is 2.34. The van der Waals surface area contributed by atoms with Crippen LogP contribution in [0.4, 0.5) is 0 Å². The number of carbonyl (C=O) groups is 2. The van der Waals surface area contributed by atoms with Crippen molar-refractivity contribution in [1.82, 2.24) is 30.0 Å². The molecule has 0 spiro atoms. The summed E-state index contributed by atoms with van der Waals surface area (Å²) in [6, 6.07) is 9.75. The van der Waals surface area contributed by atoms with Gasteiger partial charge >= 0.3 is 0 Å². The second-order valence-corrected chi connectivity index (χ2v) is 6.47. The predicted octanol–water partition coefficient (Wildman–Crippen LogP) is 2.25. The molecule has 3 aromatic heterocycles. The third-order valence-electron chi connectivity index (χ3n) is 4.83. The number of hydrogen-bond acceptors (Lipinski definition) is 6. The van der Waals surface area contributed by atoms with E-state index in [2.05, 4.69) is 25.1 Å². The first-order valence-electron chi connectivity index (χ1n) is 8.76. The van der Waals surface area contributed by atoms with Crippen molar-refractivity contribution in [2.75, 3.05) is 6.54 Å². The summed E-state index contributed by atoms with van der Waals surface area (Å²) in [7, 11) is 0. The van der Waals surface area contributed by atoms with Crippen molar-refractivity contribution in [1.29, 1.82) is 0 Å².